The van der Waals surface area contributed by atoms with Gasteiger partial charge >= 0.3 is 0 Å². The normalized spacial score (nSPS) is 10.8. The van der Waals surface area contributed by atoms with Gasteiger partial charge in [-0.2, -0.15) is 0 Å². The minimum Gasteiger partial charge on any atom is -0.319 e. The molecule has 0 atom stereocenters. The molecule has 0 amide bonds. The van der Waals surface area contributed by atoms with Crippen molar-refractivity contribution in [2.45, 2.75) is 32.6 Å². The maximum Gasteiger partial charge on any atom is 0.0245 e. The van der Waals surface area contributed by atoms with Gasteiger partial charge in [0.05, 0.1) is 0 Å². The zero-order valence-corrected chi connectivity index (χ0v) is 10.7. The van der Waals surface area contributed by atoms with Crippen LogP contribution in [0.5, 0.6) is 0 Å². The van der Waals surface area contributed by atoms with Gasteiger partial charge in [-0.25, -0.2) is 0 Å². The molecule has 1 heteroatoms. The first-order chi connectivity index (χ1) is 7.54. The average Bonchev–Trinajstić information content (AvgIpc) is 2.24. The van der Waals surface area contributed by atoms with E-state index in [1.165, 1.54) is 5.56 Å². The van der Waals surface area contributed by atoms with Gasteiger partial charge in [0.1, 0.15) is 0 Å². The molecule has 1 nitrogen and oxygen atoms in total. The number of nitrogens with one attached hydrogen (secondary N) is 1. The van der Waals surface area contributed by atoms with Gasteiger partial charge in [0.25, 0.3) is 0 Å². The molecular weight excluding hydrogens is 194 g/mol. The summed E-state index contributed by atoms with van der Waals surface area (Å²) in [4.78, 5) is 0. The van der Waals surface area contributed by atoms with Gasteiger partial charge in [0, 0.05) is 18.5 Å². The Kier molecular flexibility index (Phi) is 4.58. The fourth-order valence-electron chi connectivity index (χ4n) is 1.41. The molecule has 0 aliphatic rings. The Morgan fingerprint density at radius 3 is 2.25 bits per heavy atom. The summed E-state index contributed by atoms with van der Waals surface area (Å²) < 4.78 is 0. The van der Waals surface area contributed by atoms with E-state index in [-0.39, 0.29) is 5.41 Å². The maximum atomic E-state index is 3.17. The van der Waals surface area contributed by atoms with Gasteiger partial charge in [-0.3, -0.25) is 0 Å². The molecule has 0 spiro atoms. The molecule has 0 aliphatic heterocycles. The Morgan fingerprint density at radius 2 is 1.75 bits per heavy atom. The SMILES string of the molecule is CNCCC#Cc1ccc(C(C)(C)C)cc1. The first-order valence-corrected chi connectivity index (χ1v) is 5.78. The molecule has 0 fully saturated rings. The third kappa shape index (κ3) is 4.08. The van der Waals surface area contributed by atoms with Gasteiger partial charge in [-0.15, -0.1) is 0 Å². The standard InChI is InChI=1S/C15H21N/c1-15(2,3)14-10-8-13(9-11-14)7-5-6-12-16-4/h8-11,16H,6,12H2,1-4H3. The average molecular weight is 215 g/mol. The van der Waals surface area contributed by atoms with Gasteiger partial charge in [0.15, 0.2) is 0 Å². The first-order valence-electron chi connectivity index (χ1n) is 5.78. The predicted molar refractivity (Wildman–Crippen MR) is 70.6 cm³/mol. The van der Waals surface area contributed by atoms with Crippen LogP contribution in [0.4, 0.5) is 0 Å². The summed E-state index contributed by atoms with van der Waals surface area (Å²) in [7, 11) is 1.94. The summed E-state index contributed by atoms with van der Waals surface area (Å²) in [5, 5.41) is 3.08. The zero-order valence-electron chi connectivity index (χ0n) is 10.7. The third-order valence-electron chi connectivity index (χ3n) is 2.48. The van der Waals surface area contributed by atoms with Crippen LogP contribution in [0.15, 0.2) is 24.3 Å². The van der Waals surface area contributed by atoms with Crippen LogP contribution in [0, 0.1) is 11.8 Å². The van der Waals surface area contributed by atoms with E-state index in [1.54, 1.807) is 0 Å². The summed E-state index contributed by atoms with van der Waals surface area (Å²) in [6, 6.07) is 8.55. The predicted octanol–water partition coefficient (Wildman–Crippen LogP) is 2.95. The van der Waals surface area contributed by atoms with Crippen LogP contribution in [0.25, 0.3) is 0 Å². The molecule has 0 saturated carbocycles. The number of hydrogen-bond donors (Lipinski definition) is 1. The highest BCUT2D eigenvalue weighted by Gasteiger charge is 2.12. The van der Waals surface area contributed by atoms with E-state index in [0.29, 0.717) is 0 Å². The summed E-state index contributed by atoms with van der Waals surface area (Å²) in [5.41, 5.74) is 2.68. The molecule has 1 aromatic rings. The Hall–Kier alpha value is -1.26. The van der Waals surface area contributed by atoms with E-state index in [4.69, 9.17) is 0 Å². The second kappa shape index (κ2) is 5.72. The largest absolute Gasteiger partial charge is 0.319 e. The van der Waals surface area contributed by atoms with Crippen molar-refractivity contribution in [1.29, 1.82) is 0 Å². The fraction of sp³-hybridized carbons (Fsp3) is 0.467. The first kappa shape index (κ1) is 12.8. The minimum absolute atomic E-state index is 0.220. The van der Waals surface area contributed by atoms with Gasteiger partial charge in [-0.1, -0.05) is 44.7 Å². The summed E-state index contributed by atoms with van der Waals surface area (Å²) in [6.07, 6.45) is 0.900. The summed E-state index contributed by atoms with van der Waals surface area (Å²) in [5.74, 6) is 6.32. The molecule has 0 radical (unpaired) electrons. The van der Waals surface area contributed by atoms with Crippen molar-refractivity contribution in [3.63, 3.8) is 0 Å². The van der Waals surface area contributed by atoms with Gasteiger partial charge in [0.2, 0.25) is 0 Å². The van der Waals surface area contributed by atoms with Crippen molar-refractivity contribution < 1.29 is 0 Å². The van der Waals surface area contributed by atoms with E-state index in [9.17, 15) is 0 Å². The van der Waals surface area contributed by atoms with E-state index in [0.717, 1.165) is 18.5 Å². The number of benzene rings is 1. The lowest BCUT2D eigenvalue weighted by molar-refractivity contribution is 0.590. The van der Waals surface area contributed by atoms with Crippen LogP contribution in [0.1, 0.15) is 38.3 Å². The molecule has 16 heavy (non-hydrogen) atoms. The molecule has 0 unspecified atom stereocenters. The van der Waals surface area contributed by atoms with E-state index >= 15 is 0 Å². The lowest BCUT2D eigenvalue weighted by atomic mass is 9.87. The molecule has 0 heterocycles. The molecule has 1 rings (SSSR count). The zero-order chi connectivity index (χ0) is 12.0. The van der Waals surface area contributed by atoms with Crippen molar-refractivity contribution >= 4 is 0 Å². The molecule has 0 bridgehead atoms. The summed E-state index contributed by atoms with van der Waals surface area (Å²) >= 11 is 0. The summed E-state index contributed by atoms with van der Waals surface area (Å²) in [6.45, 7) is 7.62. The van der Waals surface area contributed by atoms with Crippen molar-refractivity contribution in [2.24, 2.45) is 0 Å². The van der Waals surface area contributed by atoms with Gasteiger partial charge < -0.3 is 5.32 Å². The highest BCUT2D eigenvalue weighted by Crippen LogP contribution is 2.21. The Morgan fingerprint density at radius 1 is 1.12 bits per heavy atom. The Bertz CT molecular complexity index is 371. The highest BCUT2D eigenvalue weighted by molar-refractivity contribution is 5.37. The minimum atomic E-state index is 0.220. The van der Waals surface area contributed by atoms with Crippen LogP contribution in [0.2, 0.25) is 0 Å². The fourth-order valence-corrected chi connectivity index (χ4v) is 1.41. The molecule has 1 N–H and O–H groups in total. The van der Waals surface area contributed by atoms with Crippen LogP contribution in [0.3, 0.4) is 0 Å². The van der Waals surface area contributed by atoms with Crippen molar-refractivity contribution in [3.8, 4) is 11.8 Å². The lowest BCUT2D eigenvalue weighted by Crippen LogP contribution is -2.10. The Labute approximate surface area is 99.3 Å². The van der Waals surface area contributed by atoms with E-state index in [2.05, 4.69) is 62.2 Å². The molecule has 0 saturated heterocycles. The van der Waals surface area contributed by atoms with Crippen LogP contribution >= 0.6 is 0 Å². The molecule has 0 aromatic heterocycles. The number of hydrogen-bond acceptors (Lipinski definition) is 1. The monoisotopic (exact) mass is 215 g/mol. The van der Waals surface area contributed by atoms with E-state index in [1.807, 2.05) is 7.05 Å². The van der Waals surface area contributed by atoms with E-state index < -0.39 is 0 Å². The maximum absolute atomic E-state index is 3.17. The van der Waals surface area contributed by atoms with Crippen LogP contribution in [-0.2, 0) is 5.41 Å². The quantitative estimate of drug-likeness (QED) is 0.591. The lowest BCUT2D eigenvalue weighted by Gasteiger charge is -2.18. The second-order valence-electron chi connectivity index (χ2n) is 4.98. The Balaban J connectivity index is 2.67. The topological polar surface area (TPSA) is 12.0 Å². The molecule has 86 valence electrons. The van der Waals surface area contributed by atoms with Crippen molar-refractivity contribution in [3.05, 3.63) is 35.4 Å². The second-order valence-corrected chi connectivity index (χ2v) is 4.98. The van der Waals surface area contributed by atoms with Crippen molar-refractivity contribution in [2.75, 3.05) is 13.6 Å². The molecule has 0 aliphatic carbocycles. The third-order valence-corrected chi connectivity index (χ3v) is 2.48. The van der Waals surface area contributed by atoms with Gasteiger partial charge in [-0.05, 0) is 30.2 Å². The number of rotatable bonds is 2. The van der Waals surface area contributed by atoms with Crippen LogP contribution < -0.4 is 5.32 Å². The highest BCUT2D eigenvalue weighted by atomic mass is 14.8. The molecular formula is C15H21N. The van der Waals surface area contributed by atoms with Crippen molar-refractivity contribution in [1.82, 2.24) is 5.32 Å². The molecule has 1 aromatic carbocycles. The van der Waals surface area contributed by atoms with Crippen LogP contribution in [-0.4, -0.2) is 13.6 Å². The smallest absolute Gasteiger partial charge is 0.0245 e.